The predicted molar refractivity (Wildman–Crippen MR) is 128 cm³/mol. The molecule has 1 fully saturated rings. The number of carbonyl (C=O) groups excluding carboxylic acids is 2. The summed E-state index contributed by atoms with van der Waals surface area (Å²) in [6.07, 6.45) is 2.39. The van der Waals surface area contributed by atoms with Crippen LogP contribution in [0, 0.1) is 0 Å². The molecule has 0 spiro atoms. The lowest BCUT2D eigenvalue weighted by atomic mass is 9.93. The number of carbonyl (C=O) groups is 2. The molecule has 2 atom stereocenters. The van der Waals surface area contributed by atoms with Gasteiger partial charge in [0.25, 0.3) is 5.78 Å². The Bertz CT molecular complexity index is 1260. The molecule has 2 aliphatic rings. The van der Waals surface area contributed by atoms with Gasteiger partial charge in [0, 0.05) is 23.6 Å². The average molecular weight is 461 g/mol. The summed E-state index contributed by atoms with van der Waals surface area (Å²) in [5.41, 5.74) is 3.43. The highest BCUT2D eigenvalue weighted by atomic mass is 32.1. The third kappa shape index (κ3) is 3.62. The Morgan fingerprint density at radius 1 is 1.18 bits per heavy atom. The molecule has 0 saturated carbocycles. The van der Waals surface area contributed by atoms with Crippen molar-refractivity contribution >= 4 is 33.9 Å². The molecule has 168 valence electrons. The van der Waals surface area contributed by atoms with Gasteiger partial charge in [0.05, 0.1) is 11.6 Å². The number of hydrogen-bond acceptors (Lipinski definition) is 6. The fourth-order valence-electron chi connectivity index (χ4n) is 4.47. The van der Waals surface area contributed by atoms with Crippen molar-refractivity contribution in [3.8, 4) is 5.75 Å². The zero-order valence-corrected chi connectivity index (χ0v) is 19.4. The van der Waals surface area contributed by atoms with E-state index in [1.165, 1.54) is 16.2 Å². The highest BCUT2D eigenvalue weighted by Gasteiger charge is 2.48. The Balaban J connectivity index is 1.66. The van der Waals surface area contributed by atoms with Crippen molar-refractivity contribution in [3.05, 3.63) is 81.9 Å². The third-order valence-electron chi connectivity index (χ3n) is 6.16. The number of aliphatic hydroxyl groups excluding tert-OH is 1. The van der Waals surface area contributed by atoms with Crippen LogP contribution in [0.2, 0.25) is 0 Å². The molecule has 0 radical (unpaired) electrons. The Morgan fingerprint density at radius 3 is 2.61 bits per heavy atom. The van der Waals surface area contributed by atoms with Gasteiger partial charge in [-0.05, 0) is 47.7 Å². The smallest absolute Gasteiger partial charge is 0.301 e. The summed E-state index contributed by atoms with van der Waals surface area (Å²) in [6.45, 7) is 6.20. The van der Waals surface area contributed by atoms with Gasteiger partial charge in [-0.15, -0.1) is 11.3 Å². The van der Waals surface area contributed by atoms with Crippen LogP contribution in [0.1, 0.15) is 55.0 Å². The van der Waals surface area contributed by atoms with Crippen LogP contribution in [0.25, 0.3) is 5.76 Å². The van der Waals surface area contributed by atoms with E-state index in [-0.39, 0.29) is 17.4 Å². The highest BCUT2D eigenvalue weighted by molar-refractivity contribution is 7.14. The molecule has 5 rings (SSSR count). The maximum absolute atomic E-state index is 13.2. The molecule has 6 nitrogen and oxygen atoms in total. The summed E-state index contributed by atoms with van der Waals surface area (Å²) in [5.74, 6) is -0.468. The van der Waals surface area contributed by atoms with Gasteiger partial charge in [0.2, 0.25) is 0 Å². The van der Waals surface area contributed by atoms with E-state index < -0.39 is 17.7 Å². The molecule has 7 heteroatoms. The molecule has 2 aromatic carbocycles. The largest absolute Gasteiger partial charge is 0.507 e. The number of anilines is 1. The van der Waals surface area contributed by atoms with Crippen molar-refractivity contribution in [2.75, 3.05) is 4.90 Å². The first-order chi connectivity index (χ1) is 15.8. The minimum Gasteiger partial charge on any atom is -0.507 e. The molecule has 0 aliphatic carbocycles. The molecule has 1 aromatic heterocycles. The number of ketones is 1. The monoisotopic (exact) mass is 460 g/mol. The number of rotatable bonds is 4. The van der Waals surface area contributed by atoms with Crippen LogP contribution in [-0.4, -0.2) is 27.9 Å². The van der Waals surface area contributed by atoms with E-state index in [0.29, 0.717) is 16.6 Å². The quantitative estimate of drug-likeness (QED) is 0.328. The van der Waals surface area contributed by atoms with Crippen molar-refractivity contribution < 1.29 is 19.4 Å². The molecule has 33 heavy (non-hydrogen) atoms. The number of ether oxygens (including phenoxy) is 1. The van der Waals surface area contributed by atoms with Crippen molar-refractivity contribution in [1.29, 1.82) is 0 Å². The number of hydrogen-bond donors (Lipinski definition) is 1. The zero-order valence-electron chi connectivity index (χ0n) is 18.6. The fourth-order valence-corrected chi connectivity index (χ4v) is 5.14. The molecular formula is C26H24N2O4S. The second-order valence-electron chi connectivity index (χ2n) is 8.76. The molecule has 1 N–H and O–H groups in total. The van der Waals surface area contributed by atoms with Crippen LogP contribution in [-0.2, 0) is 16.0 Å². The van der Waals surface area contributed by atoms with E-state index in [0.717, 1.165) is 28.9 Å². The Hall–Kier alpha value is -3.45. The maximum Gasteiger partial charge on any atom is 0.301 e. The number of amides is 1. The van der Waals surface area contributed by atoms with Gasteiger partial charge < -0.3 is 9.84 Å². The van der Waals surface area contributed by atoms with Crippen LogP contribution in [0.5, 0.6) is 5.75 Å². The van der Waals surface area contributed by atoms with E-state index in [2.05, 4.69) is 18.8 Å². The maximum atomic E-state index is 13.2. The molecule has 1 saturated heterocycles. The normalized spacial score (nSPS) is 21.5. The molecule has 2 aliphatic heterocycles. The SMILES string of the molecule is CC(C)c1ccc([C@@H]2C(=C(O)c3ccc4c(c3)C[C@H](C)O4)C(=O)C(=O)N2c2nccs2)cc1. The van der Waals surface area contributed by atoms with Gasteiger partial charge in [-0.25, -0.2) is 4.98 Å². The Morgan fingerprint density at radius 2 is 1.94 bits per heavy atom. The number of fused-ring (bicyclic) bond motifs is 1. The van der Waals surface area contributed by atoms with Gasteiger partial charge in [0.15, 0.2) is 5.13 Å². The van der Waals surface area contributed by atoms with Crippen molar-refractivity contribution in [2.45, 2.75) is 45.3 Å². The van der Waals surface area contributed by atoms with Crippen LogP contribution in [0.3, 0.4) is 0 Å². The first kappa shape index (κ1) is 21.4. The number of nitrogens with zero attached hydrogens (tertiary/aromatic N) is 2. The number of aromatic nitrogens is 1. The van der Waals surface area contributed by atoms with Gasteiger partial charge in [-0.3, -0.25) is 14.5 Å². The zero-order chi connectivity index (χ0) is 23.3. The molecule has 3 aromatic rings. The first-order valence-electron chi connectivity index (χ1n) is 11.0. The molecular weight excluding hydrogens is 436 g/mol. The summed E-state index contributed by atoms with van der Waals surface area (Å²) < 4.78 is 5.76. The summed E-state index contributed by atoms with van der Waals surface area (Å²) in [4.78, 5) is 32.0. The van der Waals surface area contributed by atoms with E-state index in [1.807, 2.05) is 37.3 Å². The second-order valence-corrected chi connectivity index (χ2v) is 9.63. The number of thiazole rings is 1. The van der Waals surface area contributed by atoms with Gasteiger partial charge in [-0.2, -0.15) is 0 Å². The summed E-state index contributed by atoms with van der Waals surface area (Å²) in [7, 11) is 0. The van der Waals surface area contributed by atoms with Crippen molar-refractivity contribution in [2.24, 2.45) is 0 Å². The molecule has 3 heterocycles. The lowest BCUT2D eigenvalue weighted by Gasteiger charge is -2.23. The summed E-state index contributed by atoms with van der Waals surface area (Å²) >= 11 is 1.28. The van der Waals surface area contributed by atoms with Crippen LogP contribution in [0.15, 0.2) is 59.6 Å². The summed E-state index contributed by atoms with van der Waals surface area (Å²) in [6, 6.07) is 12.4. The van der Waals surface area contributed by atoms with E-state index in [9.17, 15) is 14.7 Å². The van der Waals surface area contributed by atoms with Gasteiger partial charge in [-0.1, -0.05) is 38.1 Å². The number of Topliss-reactive ketones (excluding diaryl/α,β-unsaturated/α-hetero) is 1. The number of benzene rings is 2. The standard InChI is InChI=1S/C26H24N2O4S/c1-14(2)16-4-6-17(7-5-16)22-21(24(30)25(31)28(22)26-27-10-11-33-26)23(29)18-8-9-20-19(13-18)12-15(3)32-20/h4-11,13-15,22,29H,12H2,1-3H3/t15-,22+/m0/s1. The minimum absolute atomic E-state index is 0.0624. The number of aliphatic hydroxyl groups is 1. The van der Waals surface area contributed by atoms with Crippen LogP contribution < -0.4 is 9.64 Å². The lowest BCUT2D eigenvalue weighted by molar-refractivity contribution is -0.132. The fraction of sp³-hybridized carbons (Fsp3) is 0.269. The van der Waals surface area contributed by atoms with E-state index in [1.54, 1.807) is 23.7 Å². The topological polar surface area (TPSA) is 79.7 Å². The van der Waals surface area contributed by atoms with Crippen LogP contribution >= 0.6 is 11.3 Å². The predicted octanol–water partition coefficient (Wildman–Crippen LogP) is 5.22. The van der Waals surface area contributed by atoms with E-state index in [4.69, 9.17) is 4.74 Å². The molecule has 0 unspecified atom stereocenters. The Labute approximate surface area is 196 Å². The van der Waals surface area contributed by atoms with E-state index >= 15 is 0 Å². The lowest BCUT2D eigenvalue weighted by Crippen LogP contribution is -2.29. The molecule has 1 amide bonds. The van der Waals surface area contributed by atoms with Crippen molar-refractivity contribution in [3.63, 3.8) is 0 Å². The highest BCUT2D eigenvalue weighted by Crippen LogP contribution is 2.43. The van der Waals surface area contributed by atoms with Crippen LogP contribution in [0.4, 0.5) is 5.13 Å². The summed E-state index contributed by atoms with van der Waals surface area (Å²) in [5, 5.41) is 13.5. The Kier molecular flexibility index (Phi) is 5.29. The van der Waals surface area contributed by atoms with Gasteiger partial charge >= 0.3 is 5.91 Å². The molecule has 0 bridgehead atoms. The first-order valence-corrected chi connectivity index (χ1v) is 11.8. The van der Waals surface area contributed by atoms with Crippen molar-refractivity contribution in [1.82, 2.24) is 4.98 Å². The minimum atomic E-state index is -0.763. The average Bonchev–Trinajstić information content (AvgIpc) is 3.51. The third-order valence-corrected chi connectivity index (χ3v) is 6.93. The van der Waals surface area contributed by atoms with Gasteiger partial charge in [0.1, 0.15) is 17.6 Å². The second kappa shape index (κ2) is 8.15.